The number of sulfonamides is 1. The van der Waals surface area contributed by atoms with Crippen LogP contribution in [0.25, 0.3) is 27.7 Å². The fourth-order valence-corrected chi connectivity index (χ4v) is 7.54. The molecule has 7 rings (SSSR count). The maximum absolute atomic E-state index is 15.2. The molecule has 3 N–H and O–H groups in total. The lowest BCUT2D eigenvalue weighted by Gasteiger charge is -2.21. The van der Waals surface area contributed by atoms with Gasteiger partial charge in [-0.25, -0.2) is 27.9 Å². The van der Waals surface area contributed by atoms with Gasteiger partial charge in [0.05, 0.1) is 40.2 Å². The fourth-order valence-electron chi connectivity index (χ4n) is 6.56. The lowest BCUT2D eigenvalue weighted by atomic mass is 9.94. The molecule has 1 aromatic carbocycles. The van der Waals surface area contributed by atoms with Crippen molar-refractivity contribution in [2.75, 3.05) is 17.9 Å². The number of rotatable bonds is 12. The van der Waals surface area contributed by atoms with Crippen molar-refractivity contribution < 1.29 is 36.6 Å². The Morgan fingerprint density at radius 1 is 0.931 bits per heavy atom. The van der Waals surface area contributed by atoms with E-state index in [0.717, 1.165) is 28.7 Å². The van der Waals surface area contributed by atoms with Crippen LogP contribution in [0.5, 0.6) is 0 Å². The summed E-state index contributed by atoms with van der Waals surface area (Å²) >= 11 is 0. The van der Waals surface area contributed by atoms with Gasteiger partial charge in [-0.15, -0.1) is 0 Å². The quantitative estimate of drug-likeness (QED) is 0.161. The zero-order valence-electron chi connectivity index (χ0n) is 30.6. The number of aromatic nitrogens is 6. The first-order chi connectivity index (χ1) is 27.8. The van der Waals surface area contributed by atoms with Gasteiger partial charge in [0.2, 0.25) is 0 Å². The zero-order valence-corrected chi connectivity index (χ0v) is 31.4. The average molecular weight is 813 g/mol. The fraction of sp³-hybridized carbons (Fsp3) is 0.231. The second-order valence-corrected chi connectivity index (χ2v) is 15.1. The summed E-state index contributed by atoms with van der Waals surface area (Å²) in [6.07, 6.45) is 8.52. The Balaban J connectivity index is 0.998. The van der Waals surface area contributed by atoms with Gasteiger partial charge in [0.1, 0.15) is 17.7 Å². The molecule has 6 heterocycles. The normalized spacial score (nSPS) is 13.9. The number of ether oxygens (including phenoxy) is 1. The second-order valence-electron chi connectivity index (χ2n) is 13.4. The van der Waals surface area contributed by atoms with Crippen molar-refractivity contribution in [3.63, 3.8) is 0 Å². The van der Waals surface area contributed by atoms with E-state index in [-0.39, 0.29) is 29.8 Å². The number of nitrogens with one attached hydrogen (secondary N) is 2. The number of carboxylic acids is 1. The zero-order chi connectivity index (χ0) is 41.1. The van der Waals surface area contributed by atoms with Crippen molar-refractivity contribution in [3.05, 3.63) is 135 Å². The third-order valence-electron chi connectivity index (χ3n) is 9.74. The summed E-state index contributed by atoms with van der Waals surface area (Å²) in [6, 6.07) is 10.2. The molecule has 58 heavy (non-hydrogen) atoms. The highest BCUT2D eigenvalue weighted by molar-refractivity contribution is 7.92. The number of fused-ring (bicyclic) bond motifs is 1. The van der Waals surface area contributed by atoms with Gasteiger partial charge in [-0.05, 0) is 79.8 Å². The molecule has 298 valence electrons. The summed E-state index contributed by atoms with van der Waals surface area (Å²) in [4.78, 5) is 67.8. The number of carbonyl (C=O) groups is 2. The van der Waals surface area contributed by atoms with Gasteiger partial charge in [0.25, 0.3) is 21.5 Å². The molecule has 1 aliphatic rings. The average Bonchev–Trinajstić information content (AvgIpc) is 3.23. The molecule has 0 saturated carbocycles. The van der Waals surface area contributed by atoms with Crippen LogP contribution in [0.4, 0.5) is 14.5 Å². The maximum atomic E-state index is 15.2. The Morgan fingerprint density at radius 2 is 1.72 bits per heavy atom. The van der Waals surface area contributed by atoms with Gasteiger partial charge >= 0.3 is 11.7 Å². The molecule has 0 radical (unpaired) electrons. The number of hydrogen-bond acceptors (Lipinski definition) is 11. The van der Waals surface area contributed by atoms with E-state index in [2.05, 4.69) is 25.3 Å². The monoisotopic (exact) mass is 812 g/mol. The van der Waals surface area contributed by atoms with Gasteiger partial charge in [-0.3, -0.25) is 33.8 Å². The highest BCUT2D eigenvalue weighted by Gasteiger charge is 2.26. The second kappa shape index (κ2) is 16.4. The molecule has 1 saturated heterocycles. The van der Waals surface area contributed by atoms with Gasteiger partial charge in [-0.2, -0.15) is 8.42 Å². The van der Waals surface area contributed by atoms with Crippen LogP contribution in [0.2, 0.25) is 0 Å². The molecule has 0 bridgehead atoms. The third-order valence-corrected chi connectivity index (χ3v) is 11.0. The number of hydrogen-bond donors (Lipinski definition) is 3. The summed E-state index contributed by atoms with van der Waals surface area (Å²) in [6.45, 7) is 1.29. The van der Waals surface area contributed by atoms with Crippen LogP contribution >= 0.6 is 0 Å². The minimum Gasteiger partial charge on any atom is -0.480 e. The van der Waals surface area contributed by atoms with Crippen molar-refractivity contribution in [2.45, 2.75) is 42.7 Å². The molecule has 1 atom stereocenters. The Bertz CT molecular complexity index is 2780. The number of benzene rings is 1. The molecule has 1 aliphatic heterocycles. The Labute approximate surface area is 328 Å². The Kier molecular flexibility index (Phi) is 11.2. The molecule has 0 unspecified atom stereocenters. The first kappa shape index (κ1) is 39.5. The summed E-state index contributed by atoms with van der Waals surface area (Å²) in [5, 5.41) is 11.7. The Hall–Kier alpha value is -6.73. The van der Waals surface area contributed by atoms with Crippen LogP contribution in [0.3, 0.4) is 0 Å². The number of aryl methyl sites for hydroxylation is 2. The van der Waals surface area contributed by atoms with E-state index in [1.54, 1.807) is 12.3 Å². The number of nitrogens with zero attached hydrogens (tertiary/aromatic N) is 6. The molecule has 16 nitrogen and oxygen atoms in total. The molecule has 6 aromatic rings. The largest absolute Gasteiger partial charge is 0.480 e. The van der Waals surface area contributed by atoms with Crippen LogP contribution < -0.4 is 21.3 Å². The molecule has 5 aromatic heterocycles. The first-order valence-corrected chi connectivity index (χ1v) is 19.4. The van der Waals surface area contributed by atoms with E-state index in [1.807, 2.05) is 10.8 Å². The standard InChI is InChI=1S/C39H34F2N8O8S/c1-48-34-21-42-12-9-27(34)37(51)49(39(48)54)26-5-3-25(44-20-26)4-6-31(38(52)53)46-36(50)28-17-30(41)33(18-29(28)40)47-58(55,56)35-7-2-24(19-45-35)23-8-13-43-32(16-23)22-10-14-57-15-11-22/h2-3,5,7-9,12-13,16-22,31,47H,4,6,10-11,14-15H2,1H3,(H,46,50)(H,52,53)/t31-/m0/s1. The molecular weight excluding hydrogens is 779 g/mol. The predicted octanol–water partition coefficient (Wildman–Crippen LogP) is 3.73. The van der Waals surface area contributed by atoms with Crippen molar-refractivity contribution in [2.24, 2.45) is 7.05 Å². The predicted molar refractivity (Wildman–Crippen MR) is 205 cm³/mol. The van der Waals surface area contributed by atoms with Gasteiger partial charge in [-0.1, -0.05) is 0 Å². The van der Waals surface area contributed by atoms with E-state index in [1.165, 1.54) is 66.7 Å². The van der Waals surface area contributed by atoms with E-state index < -0.39 is 67.1 Å². The van der Waals surface area contributed by atoms with Crippen LogP contribution in [0.1, 0.15) is 46.9 Å². The van der Waals surface area contributed by atoms with E-state index >= 15 is 8.78 Å². The molecule has 0 spiro atoms. The minimum atomic E-state index is -4.52. The summed E-state index contributed by atoms with van der Waals surface area (Å²) in [7, 11) is -3.03. The highest BCUT2D eigenvalue weighted by atomic mass is 32.2. The minimum absolute atomic E-state index is 0.0136. The van der Waals surface area contributed by atoms with Crippen molar-refractivity contribution >= 4 is 38.5 Å². The van der Waals surface area contributed by atoms with Gasteiger partial charge in [0.15, 0.2) is 5.03 Å². The van der Waals surface area contributed by atoms with Crippen LogP contribution in [0.15, 0.2) is 100 Å². The molecule has 0 aliphatic carbocycles. The SMILES string of the molecule is Cn1c(=O)n(-c2ccc(CC[C@H](NC(=O)c3cc(F)c(NS(=O)(=O)c4ccc(-c5ccnc(C6CCOCC6)c5)cn4)cc3F)C(=O)O)nc2)c(=O)c2ccncc21. The number of carbonyl (C=O) groups excluding carboxylic acids is 1. The summed E-state index contributed by atoms with van der Waals surface area (Å²) < 4.78 is 66.2. The van der Waals surface area contributed by atoms with E-state index in [9.17, 15) is 32.7 Å². The molecule has 19 heteroatoms. The topological polar surface area (TPSA) is 217 Å². The lowest BCUT2D eigenvalue weighted by Crippen LogP contribution is -2.41. The van der Waals surface area contributed by atoms with Gasteiger partial charge < -0.3 is 15.2 Å². The Morgan fingerprint density at radius 3 is 2.43 bits per heavy atom. The van der Waals surface area contributed by atoms with E-state index in [4.69, 9.17) is 4.74 Å². The molecule has 1 fully saturated rings. The van der Waals surface area contributed by atoms with Crippen LogP contribution in [-0.4, -0.2) is 73.7 Å². The lowest BCUT2D eigenvalue weighted by molar-refractivity contribution is -0.139. The first-order valence-electron chi connectivity index (χ1n) is 17.9. The molecule has 1 amide bonds. The number of pyridine rings is 4. The third kappa shape index (κ3) is 8.21. The number of anilines is 1. The maximum Gasteiger partial charge on any atom is 0.335 e. The molecular formula is C39H34F2N8O8S. The van der Waals surface area contributed by atoms with Crippen molar-refractivity contribution in [1.29, 1.82) is 0 Å². The number of aliphatic carboxylic acids is 1. The number of halogens is 2. The smallest absolute Gasteiger partial charge is 0.335 e. The number of carboxylic acid groups (broad SMARTS) is 1. The van der Waals surface area contributed by atoms with E-state index in [0.29, 0.717) is 42.1 Å². The summed E-state index contributed by atoms with van der Waals surface area (Å²) in [5.74, 6) is -5.14. The van der Waals surface area contributed by atoms with Crippen LogP contribution in [-0.2, 0) is 33.0 Å². The van der Waals surface area contributed by atoms with Crippen molar-refractivity contribution in [3.8, 4) is 16.8 Å². The highest BCUT2D eigenvalue weighted by Crippen LogP contribution is 2.29. The van der Waals surface area contributed by atoms with Crippen molar-refractivity contribution in [1.82, 2.24) is 34.4 Å². The summed E-state index contributed by atoms with van der Waals surface area (Å²) in [5.41, 5.74) is 0.226. The number of amides is 1. The van der Waals surface area contributed by atoms with Crippen LogP contribution in [0, 0.1) is 11.6 Å². The van der Waals surface area contributed by atoms with Gasteiger partial charge in [0, 0.05) is 67.8 Å².